The molecule has 0 spiro atoms. The molecule has 0 aliphatic heterocycles. The number of aromatic nitrogens is 2. The van der Waals surface area contributed by atoms with Crippen LogP contribution in [0.3, 0.4) is 0 Å². The number of benzene rings is 2. The zero-order chi connectivity index (χ0) is 17.6. The Labute approximate surface area is 149 Å². The monoisotopic (exact) mass is 332 g/mol. The van der Waals surface area contributed by atoms with E-state index in [1.807, 2.05) is 49.4 Å². The fraction of sp³-hybridized carbons (Fsp3) is 0.238. The fourth-order valence-corrected chi connectivity index (χ4v) is 2.74. The molecule has 2 aromatic carbocycles. The van der Waals surface area contributed by atoms with Crippen molar-refractivity contribution in [2.75, 3.05) is 10.2 Å². The Bertz CT molecular complexity index is 801. The summed E-state index contributed by atoms with van der Waals surface area (Å²) in [7, 11) is 0. The molecule has 0 radical (unpaired) electrons. The van der Waals surface area contributed by atoms with Gasteiger partial charge in [0, 0.05) is 24.3 Å². The van der Waals surface area contributed by atoms with Crippen molar-refractivity contribution in [3.63, 3.8) is 0 Å². The van der Waals surface area contributed by atoms with Gasteiger partial charge in [-0.25, -0.2) is 9.97 Å². The highest BCUT2D eigenvalue weighted by Gasteiger charge is 2.14. The number of anilines is 3. The summed E-state index contributed by atoms with van der Waals surface area (Å²) in [6, 6.07) is 22.9. The quantitative estimate of drug-likeness (QED) is 0.694. The van der Waals surface area contributed by atoms with Crippen molar-refractivity contribution in [2.24, 2.45) is 0 Å². The van der Waals surface area contributed by atoms with Gasteiger partial charge in [0.05, 0.1) is 0 Å². The molecule has 25 heavy (non-hydrogen) atoms. The average molecular weight is 332 g/mol. The molecule has 4 nitrogen and oxygen atoms in total. The molecule has 0 aliphatic carbocycles. The normalized spacial score (nSPS) is 10.7. The maximum Gasteiger partial charge on any atom is 0.136 e. The maximum absolute atomic E-state index is 4.67. The zero-order valence-electron chi connectivity index (χ0n) is 15.0. The molecule has 0 unspecified atom stereocenters. The molecule has 3 rings (SSSR count). The van der Waals surface area contributed by atoms with E-state index in [0.29, 0.717) is 6.04 Å². The first kappa shape index (κ1) is 17.0. The van der Waals surface area contributed by atoms with E-state index in [1.165, 1.54) is 5.56 Å². The standard InChI is InChI=1S/C21H24N4/c1-16(2)25(15-18-10-6-4-7-11-18)21-14-20(22-17(3)23-21)24-19-12-8-5-9-13-19/h4-14,16H,15H2,1-3H3,(H,22,23,24). The van der Waals surface area contributed by atoms with Crippen LogP contribution in [0.4, 0.5) is 17.3 Å². The van der Waals surface area contributed by atoms with Crippen LogP contribution in [0.1, 0.15) is 25.2 Å². The van der Waals surface area contributed by atoms with Gasteiger partial charge < -0.3 is 10.2 Å². The van der Waals surface area contributed by atoms with E-state index in [2.05, 4.69) is 58.3 Å². The Hall–Kier alpha value is -2.88. The van der Waals surface area contributed by atoms with Crippen LogP contribution < -0.4 is 10.2 Å². The van der Waals surface area contributed by atoms with Crippen LogP contribution in [-0.2, 0) is 6.54 Å². The smallest absolute Gasteiger partial charge is 0.136 e. The Morgan fingerprint density at radius 3 is 2.20 bits per heavy atom. The van der Waals surface area contributed by atoms with Crippen LogP contribution in [-0.4, -0.2) is 16.0 Å². The van der Waals surface area contributed by atoms with Gasteiger partial charge in [-0.2, -0.15) is 0 Å². The number of nitrogens with zero attached hydrogens (tertiary/aromatic N) is 3. The van der Waals surface area contributed by atoms with Gasteiger partial charge in [-0.05, 0) is 38.5 Å². The Morgan fingerprint density at radius 1 is 0.920 bits per heavy atom. The summed E-state index contributed by atoms with van der Waals surface area (Å²) >= 11 is 0. The van der Waals surface area contributed by atoms with E-state index in [0.717, 1.165) is 29.7 Å². The Morgan fingerprint density at radius 2 is 1.56 bits per heavy atom. The highest BCUT2D eigenvalue weighted by Crippen LogP contribution is 2.23. The molecule has 128 valence electrons. The summed E-state index contributed by atoms with van der Waals surface area (Å²) in [6.07, 6.45) is 0. The molecule has 0 saturated carbocycles. The lowest BCUT2D eigenvalue weighted by Gasteiger charge is -2.28. The van der Waals surface area contributed by atoms with E-state index in [4.69, 9.17) is 0 Å². The Balaban J connectivity index is 1.88. The van der Waals surface area contributed by atoms with E-state index in [-0.39, 0.29) is 0 Å². The molecule has 0 fully saturated rings. The lowest BCUT2D eigenvalue weighted by Crippen LogP contribution is -2.31. The van der Waals surface area contributed by atoms with Gasteiger partial charge in [0.1, 0.15) is 17.5 Å². The van der Waals surface area contributed by atoms with Crippen LogP contribution in [0.5, 0.6) is 0 Å². The molecule has 0 saturated heterocycles. The molecular formula is C21H24N4. The van der Waals surface area contributed by atoms with Gasteiger partial charge >= 0.3 is 0 Å². The molecular weight excluding hydrogens is 308 g/mol. The van der Waals surface area contributed by atoms with Crippen LogP contribution in [0, 0.1) is 6.92 Å². The molecule has 3 aromatic rings. The second kappa shape index (κ2) is 7.79. The van der Waals surface area contributed by atoms with Crippen LogP contribution in [0.2, 0.25) is 0 Å². The summed E-state index contributed by atoms with van der Waals surface area (Å²) in [4.78, 5) is 11.5. The first-order valence-corrected chi connectivity index (χ1v) is 8.60. The highest BCUT2D eigenvalue weighted by atomic mass is 15.2. The lowest BCUT2D eigenvalue weighted by atomic mass is 10.2. The Kier molecular flexibility index (Phi) is 5.29. The third-order valence-electron chi connectivity index (χ3n) is 3.98. The first-order valence-electron chi connectivity index (χ1n) is 8.60. The minimum absolute atomic E-state index is 0.332. The van der Waals surface area contributed by atoms with E-state index in [9.17, 15) is 0 Å². The van der Waals surface area contributed by atoms with Crippen LogP contribution >= 0.6 is 0 Å². The van der Waals surface area contributed by atoms with Gasteiger partial charge in [0.15, 0.2) is 0 Å². The van der Waals surface area contributed by atoms with Crippen LogP contribution in [0.15, 0.2) is 66.7 Å². The SMILES string of the molecule is Cc1nc(Nc2ccccc2)cc(N(Cc2ccccc2)C(C)C)n1. The summed E-state index contributed by atoms with van der Waals surface area (Å²) in [5.41, 5.74) is 2.29. The second-order valence-electron chi connectivity index (χ2n) is 6.36. The molecule has 0 atom stereocenters. The van der Waals surface area contributed by atoms with Crippen molar-refractivity contribution in [2.45, 2.75) is 33.4 Å². The minimum Gasteiger partial charge on any atom is -0.350 e. The van der Waals surface area contributed by atoms with E-state index < -0.39 is 0 Å². The van der Waals surface area contributed by atoms with Crippen molar-refractivity contribution in [3.8, 4) is 0 Å². The van der Waals surface area contributed by atoms with Crippen molar-refractivity contribution in [1.29, 1.82) is 0 Å². The van der Waals surface area contributed by atoms with E-state index >= 15 is 0 Å². The average Bonchev–Trinajstić information content (AvgIpc) is 2.60. The minimum atomic E-state index is 0.332. The number of hydrogen-bond acceptors (Lipinski definition) is 4. The van der Waals surface area contributed by atoms with Gasteiger partial charge in [-0.15, -0.1) is 0 Å². The summed E-state index contributed by atoms with van der Waals surface area (Å²) < 4.78 is 0. The molecule has 0 aliphatic rings. The number of nitrogens with one attached hydrogen (secondary N) is 1. The fourth-order valence-electron chi connectivity index (χ4n) is 2.74. The van der Waals surface area contributed by atoms with Gasteiger partial charge in [0.25, 0.3) is 0 Å². The molecule has 0 amide bonds. The molecule has 0 bridgehead atoms. The van der Waals surface area contributed by atoms with Gasteiger partial charge in [0.2, 0.25) is 0 Å². The zero-order valence-corrected chi connectivity index (χ0v) is 15.0. The summed E-state index contributed by atoms with van der Waals surface area (Å²) in [5.74, 6) is 2.51. The van der Waals surface area contributed by atoms with Crippen molar-refractivity contribution in [3.05, 3.63) is 78.1 Å². The highest BCUT2D eigenvalue weighted by molar-refractivity contribution is 5.59. The number of para-hydroxylation sites is 1. The number of hydrogen-bond donors (Lipinski definition) is 1. The van der Waals surface area contributed by atoms with Crippen molar-refractivity contribution >= 4 is 17.3 Å². The summed E-state index contributed by atoms with van der Waals surface area (Å²) in [6.45, 7) is 7.12. The van der Waals surface area contributed by atoms with Crippen molar-refractivity contribution < 1.29 is 0 Å². The molecule has 1 aromatic heterocycles. The topological polar surface area (TPSA) is 41.1 Å². The van der Waals surface area contributed by atoms with Crippen LogP contribution in [0.25, 0.3) is 0 Å². The largest absolute Gasteiger partial charge is 0.350 e. The predicted molar refractivity (Wildman–Crippen MR) is 104 cm³/mol. The van der Waals surface area contributed by atoms with Gasteiger partial charge in [-0.1, -0.05) is 48.5 Å². The number of aryl methyl sites for hydroxylation is 1. The first-order chi connectivity index (χ1) is 12.1. The second-order valence-corrected chi connectivity index (χ2v) is 6.36. The molecule has 1 N–H and O–H groups in total. The molecule has 4 heteroatoms. The molecule has 1 heterocycles. The summed E-state index contributed by atoms with van der Waals surface area (Å²) in [5, 5.41) is 3.37. The predicted octanol–water partition coefficient (Wildman–Crippen LogP) is 4.94. The maximum atomic E-state index is 4.67. The lowest BCUT2D eigenvalue weighted by molar-refractivity contribution is 0.670. The third-order valence-corrected chi connectivity index (χ3v) is 3.98. The van der Waals surface area contributed by atoms with E-state index in [1.54, 1.807) is 0 Å². The van der Waals surface area contributed by atoms with Crippen molar-refractivity contribution in [1.82, 2.24) is 9.97 Å². The number of rotatable bonds is 6. The van der Waals surface area contributed by atoms with Gasteiger partial charge in [-0.3, -0.25) is 0 Å². The third kappa shape index (κ3) is 4.57.